The number of imidazole rings is 1. The number of rotatable bonds is 5. The first-order valence-electron chi connectivity index (χ1n) is 9.44. The number of amides is 1. The molecule has 0 unspecified atom stereocenters. The van der Waals surface area contributed by atoms with E-state index in [-0.39, 0.29) is 29.6 Å². The van der Waals surface area contributed by atoms with Crippen LogP contribution < -0.4 is 5.32 Å². The maximum Gasteiger partial charge on any atom is 0.290 e. The molecule has 0 aliphatic heterocycles. The Hall–Kier alpha value is -3.48. The molecule has 29 heavy (non-hydrogen) atoms. The average Bonchev–Trinajstić information content (AvgIpc) is 3.33. The summed E-state index contributed by atoms with van der Waals surface area (Å²) < 4.78 is 20.4. The average molecular weight is 392 g/mol. The van der Waals surface area contributed by atoms with E-state index in [1.54, 1.807) is 18.2 Å². The first-order chi connectivity index (χ1) is 13.9. The van der Waals surface area contributed by atoms with Crippen LogP contribution in [0.15, 0.2) is 59.1 Å². The third-order valence-corrected chi connectivity index (χ3v) is 4.75. The van der Waals surface area contributed by atoms with E-state index in [0.717, 1.165) is 16.9 Å². The fourth-order valence-electron chi connectivity index (χ4n) is 3.38. The number of halogens is 1. The summed E-state index contributed by atoms with van der Waals surface area (Å²) in [7, 11) is 0. The van der Waals surface area contributed by atoms with Crippen LogP contribution in [0.4, 0.5) is 4.39 Å². The smallest absolute Gasteiger partial charge is 0.290 e. The SMILES string of the molecule is CC(C)n1c([C@@H](C)NC(=O)c2cc(-c3ccc(F)cc3)no2)nc2ccccc21. The summed E-state index contributed by atoms with van der Waals surface area (Å²) in [6.07, 6.45) is 0. The fourth-order valence-corrected chi connectivity index (χ4v) is 3.38. The number of hydrogen-bond donors (Lipinski definition) is 1. The van der Waals surface area contributed by atoms with E-state index >= 15 is 0 Å². The Bertz CT molecular complexity index is 1160. The van der Waals surface area contributed by atoms with Crippen molar-refractivity contribution < 1.29 is 13.7 Å². The van der Waals surface area contributed by atoms with E-state index < -0.39 is 0 Å². The van der Waals surface area contributed by atoms with Crippen molar-refractivity contribution in [3.63, 3.8) is 0 Å². The highest BCUT2D eigenvalue weighted by molar-refractivity contribution is 5.92. The molecule has 0 spiro atoms. The van der Waals surface area contributed by atoms with Gasteiger partial charge in [-0.3, -0.25) is 4.79 Å². The second-order valence-electron chi connectivity index (χ2n) is 7.20. The number of fused-ring (bicyclic) bond motifs is 1. The Morgan fingerprint density at radius 3 is 2.55 bits per heavy atom. The van der Waals surface area contributed by atoms with Crippen LogP contribution in [0.5, 0.6) is 0 Å². The molecule has 0 aliphatic carbocycles. The predicted octanol–water partition coefficient (Wildman–Crippen LogP) is 4.90. The van der Waals surface area contributed by atoms with Crippen molar-refractivity contribution in [1.82, 2.24) is 20.0 Å². The second kappa shape index (κ2) is 7.50. The third kappa shape index (κ3) is 3.63. The van der Waals surface area contributed by atoms with Crippen LogP contribution in [-0.4, -0.2) is 20.6 Å². The number of nitrogens with one attached hydrogen (secondary N) is 1. The van der Waals surface area contributed by atoms with Crippen molar-refractivity contribution in [3.05, 3.63) is 72.0 Å². The van der Waals surface area contributed by atoms with Crippen LogP contribution in [0.25, 0.3) is 22.3 Å². The molecular weight excluding hydrogens is 371 g/mol. The van der Waals surface area contributed by atoms with Gasteiger partial charge in [-0.05, 0) is 57.2 Å². The van der Waals surface area contributed by atoms with Gasteiger partial charge in [-0.25, -0.2) is 9.37 Å². The monoisotopic (exact) mass is 392 g/mol. The molecule has 0 radical (unpaired) electrons. The van der Waals surface area contributed by atoms with Crippen molar-refractivity contribution in [2.75, 3.05) is 0 Å². The minimum Gasteiger partial charge on any atom is -0.350 e. The van der Waals surface area contributed by atoms with Gasteiger partial charge in [0.2, 0.25) is 5.76 Å². The first kappa shape index (κ1) is 18.9. The third-order valence-electron chi connectivity index (χ3n) is 4.75. The minimum absolute atomic E-state index is 0.0865. The number of hydrogen-bond acceptors (Lipinski definition) is 4. The van der Waals surface area contributed by atoms with Crippen LogP contribution in [0.1, 0.15) is 49.2 Å². The normalized spacial score (nSPS) is 12.4. The van der Waals surface area contributed by atoms with Crippen LogP contribution in [0, 0.1) is 5.82 Å². The number of carbonyl (C=O) groups excluding carboxylic acids is 1. The molecule has 0 fully saturated rings. The molecule has 1 amide bonds. The Morgan fingerprint density at radius 1 is 1.10 bits per heavy atom. The largest absolute Gasteiger partial charge is 0.350 e. The molecule has 1 N–H and O–H groups in total. The predicted molar refractivity (Wildman–Crippen MR) is 108 cm³/mol. The molecule has 6 nitrogen and oxygen atoms in total. The van der Waals surface area contributed by atoms with Gasteiger partial charge in [-0.1, -0.05) is 17.3 Å². The fraction of sp³-hybridized carbons (Fsp3) is 0.227. The topological polar surface area (TPSA) is 73.0 Å². The quantitative estimate of drug-likeness (QED) is 0.524. The lowest BCUT2D eigenvalue weighted by atomic mass is 10.1. The van der Waals surface area contributed by atoms with Crippen LogP contribution in [0.3, 0.4) is 0 Å². The summed E-state index contributed by atoms with van der Waals surface area (Å²) >= 11 is 0. The number of carbonyl (C=O) groups is 1. The van der Waals surface area contributed by atoms with Crippen molar-refractivity contribution in [2.45, 2.75) is 32.9 Å². The summed E-state index contributed by atoms with van der Waals surface area (Å²) in [4.78, 5) is 17.4. The van der Waals surface area contributed by atoms with Gasteiger partial charge < -0.3 is 14.4 Å². The van der Waals surface area contributed by atoms with Crippen molar-refractivity contribution in [3.8, 4) is 11.3 Å². The molecule has 2 aromatic carbocycles. The summed E-state index contributed by atoms with van der Waals surface area (Å²) in [5.74, 6) is 0.133. The van der Waals surface area contributed by atoms with Crippen molar-refractivity contribution in [1.29, 1.82) is 0 Å². The number of benzene rings is 2. The maximum absolute atomic E-state index is 13.1. The lowest BCUT2D eigenvalue weighted by Crippen LogP contribution is -2.28. The summed E-state index contributed by atoms with van der Waals surface area (Å²) in [5.41, 5.74) is 3.05. The van der Waals surface area contributed by atoms with Gasteiger partial charge in [0.25, 0.3) is 5.91 Å². The van der Waals surface area contributed by atoms with Gasteiger partial charge in [0.15, 0.2) is 0 Å². The minimum atomic E-state index is -0.388. The van der Waals surface area contributed by atoms with Crippen LogP contribution >= 0.6 is 0 Å². The number of aromatic nitrogens is 3. The molecule has 0 aliphatic rings. The molecule has 4 rings (SSSR count). The Kier molecular flexibility index (Phi) is 4.88. The maximum atomic E-state index is 13.1. The molecular formula is C22H21FN4O2. The van der Waals surface area contributed by atoms with Gasteiger partial charge >= 0.3 is 0 Å². The summed E-state index contributed by atoms with van der Waals surface area (Å²) in [6, 6.07) is 15.1. The molecule has 2 aromatic heterocycles. The highest BCUT2D eigenvalue weighted by Crippen LogP contribution is 2.25. The van der Waals surface area contributed by atoms with Gasteiger partial charge in [0.05, 0.1) is 17.1 Å². The van der Waals surface area contributed by atoms with Crippen molar-refractivity contribution >= 4 is 16.9 Å². The summed E-state index contributed by atoms with van der Waals surface area (Å²) in [6.45, 7) is 6.05. The Labute approximate surface area is 167 Å². The van der Waals surface area contributed by atoms with E-state index in [0.29, 0.717) is 11.3 Å². The van der Waals surface area contributed by atoms with Gasteiger partial charge in [0, 0.05) is 17.7 Å². The number of nitrogens with zero attached hydrogens (tertiary/aromatic N) is 3. The standard InChI is InChI=1S/C22H21FN4O2/c1-13(2)27-19-7-5-4-6-17(19)25-21(27)14(3)24-22(28)20-12-18(26-29-20)15-8-10-16(23)11-9-15/h4-14H,1-3H3,(H,24,28)/t14-/m1/s1. The van der Waals surface area contributed by atoms with E-state index in [4.69, 9.17) is 9.51 Å². The lowest BCUT2D eigenvalue weighted by molar-refractivity contribution is 0.0900. The zero-order chi connectivity index (χ0) is 20.5. The second-order valence-corrected chi connectivity index (χ2v) is 7.20. The van der Waals surface area contributed by atoms with Crippen LogP contribution in [0.2, 0.25) is 0 Å². The van der Waals surface area contributed by atoms with E-state index in [9.17, 15) is 9.18 Å². The molecule has 1 atom stereocenters. The van der Waals surface area contributed by atoms with Gasteiger partial charge in [-0.2, -0.15) is 0 Å². The molecule has 0 saturated carbocycles. The molecule has 2 heterocycles. The Balaban J connectivity index is 1.57. The number of para-hydroxylation sites is 2. The van der Waals surface area contributed by atoms with Crippen molar-refractivity contribution in [2.24, 2.45) is 0 Å². The van der Waals surface area contributed by atoms with Crippen LogP contribution in [-0.2, 0) is 0 Å². The Morgan fingerprint density at radius 2 is 1.83 bits per heavy atom. The van der Waals surface area contributed by atoms with E-state index in [1.807, 2.05) is 31.2 Å². The van der Waals surface area contributed by atoms with Gasteiger partial charge in [0.1, 0.15) is 17.3 Å². The highest BCUT2D eigenvalue weighted by Gasteiger charge is 2.22. The zero-order valence-electron chi connectivity index (χ0n) is 16.4. The lowest BCUT2D eigenvalue weighted by Gasteiger charge is -2.18. The zero-order valence-corrected chi connectivity index (χ0v) is 16.4. The molecule has 0 bridgehead atoms. The first-order valence-corrected chi connectivity index (χ1v) is 9.44. The molecule has 0 saturated heterocycles. The molecule has 148 valence electrons. The van der Waals surface area contributed by atoms with Gasteiger partial charge in [-0.15, -0.1) is 0 Å². The highest BCUT2D eigenvalue weighted by atomic mass is 19.1. The molecule has 7 heteroatoms. The van der Waals surface area contributed by atoms with E-state index in [2.05, 4.69) is 28.9 Å². The summed E-state index contributed by atoms with van der Waals surface area (Å²) in [5, 5.41) is 6.85. The molecule has 4 aromatic rings. The van der Waals surface area contributed by atoms with E-state index in [1.165, 1.54) is 12.1 Å².